The van der Waals surface area contributed by atoms with Crippen LogP contribution < -0.4 is 10.2 Å². The number of thiophene rings is 1. The molecule has 0 saturated heterocycles. The minimum Gasteiger partial charge on any atom is -0.348 e. The maximum absolute atomic E-state index is 15.4. The number of para-hydroxylation sites is 1. The van der Waals surface area contributed by atoms with Gasteiger partial charge in [0, 0.05) is 41.3 Å². The Morgan fingerprint density at radius 1 is 1.16 bits per heavy atom. The molecule has 2 amide bonds. The molecule has 0 fully saturated rings. The molecule has 0 bridgehead atoms. The number of aromatic nitrogens is 2. The molecule has 0 radical (unpaired) electrons. The number of alkyl halides is 2. The number of nitrogens with one attached hydrogen (secondary N) is 1. The molecule has 38 heavy (non-hydrogen) atoms. The number of aryl methyl sites for hydroxylation is 1. The third kappa shape index (κ3) is 5.25. The van der Waals surface area contributed by atoms with Crippen molar-refractivity contribution in [1.82, 2.24) is 15.1 Å². The molecular weight excluding hydrogens is 530 g/mol. The largest absolute Gasteiger partial charge is 0.348 e. The molecule has 2 aromatic heterocycles. The van der Waals surface area contributed by atoms with E-state index in [0.29, 0.717) is 5.69 Å². The van der Waals surface area contributed by atoms with Crippen molar-refractivity contribution in [3.63, 3.8) is 0 Å². The first kappa shape index (κ1) is 25.8. The molecule has 0 spiro atoms. The number of anilines is 1. The van der Waals surface area contributed by atoms with Gasteiger partial charge in [0.15, 0.2) is 0 Å². The van der Waals surface area contributed by atoms with Crippen molar-refractivity contribution in [2.45, 2.75) is 25.8 Å². The summed E-state index contributed by atoms with van der Waals surface area (Å²) in [7, 11) is 0. The van der Waals surface area contributed by atoms with Gasteiger partial charge >= 0.3 is 0 Å². The van der Waals surface area contributed by atoms with E-state index in [1.165, 1.54) is 22.3 Å². The summed E-state index contributed by atoms with van der Waals surface area (Å²) in [5, 5.41) is 9.06. The highest BCUT2D eigenvalue weighted by atomic mass is 35.5. The van der Waals surface area contributed by atoms with E-state index in [0.717, 1.165) is 16.6 Å². The van der Waals surface area contributed by atoms with Crippen LogP contribution in [0.4, 0.5) is 14.5 Å². The Balaban J connectivity index is 1.47. The van der Waals surface area contributed by atoms with Gasteiger partial charge in [-0.2, -0.15) is 5.10 Å². The maximum atomic E-state index is 15.4. The average Bonchev–Trinajstić information content (AvgIpc) is 3.56. The van der Waals surface area contributed by atoms with E-state index in [-0.39, 0.29) is 34.9 Å². The molecule has 0 saturated carbocycles. The number of benzene rings is 2. The monoisotopic (exact) mass is 552 g/mol. The first-order chi connectivity index (χ1) is 18.2. The van der Waals surface area contributed by atoms with E-state index in [1.807, 2.05) is 30.5 Å². The summed E-state index contributed by atoms with van der Waals surface area (Å²) in [6.07, 6.45) is 2.06. The third-order valence-corrected chi connectivity index (χ3v) is 7.43. The van der Waals surface area contributed by atoms with Crippen LogP contribution in [-0.4, -0.2) is 34.1 Å². The molecule has 0 unspecified atom stereocenters. The number of nitrogens with zero attached hydrogens (tertiary/aromatic N) is 3. The number of amides is 2. The Labute approximate surface area is 227 Å². The van der Waals surface area contributed by atoms with E-state index in [1.54, 1.807) is 47.3 Å². The zero-order valence-electron chi connectivity index (χ0n) is 20.3. The number of hydrogen-bond donors (Lipinski definition) is 1. The highest BCUT2D eigenvalue weighted by Gasteiger charge is 2.41. The lowest BCUT2D eigenvalue weighted by molar-refractivity contribution is -0.116. The predicted molar refractivity (Wildman–Crippen MR) is 145 cm³/mol. The van der Waals surface area contributed by atoms with Gasteiger partial charge in [-0.05, 0) is 48.7 Å². The topological polar surface area (TPSA) is 67.2 Å². The first-order valence-electron chi connectivity index (χ1n) is 11.9. The molecule has 10 heteroatoms. The van der Waals surface area contributed by atoms with E-state index in [2.05, 4.69) is 10.4 Å². The van der Waals surface area contributed by atoms with Crippen LogP contribution in [0.25, 0.3) is 11.3 Å². The Bertz CT molecular complexity index is 1530. The lowest BCUT2D eigenvalue weighted by Crippen LogP contribution is -2.33. The van der Waals surface area contributed by atoms with Gasteiger partial charge in [-0.3, -0.25) is 9.59 Å². The summed E-state index contributed by atoms with van der Waals surface area (Å²) in [6.45, 7) is 1.84. The Hall–Kier alpha value is -3.82. The minimum absolute atomic E-state index is 0.120. The SMILES string of the molecule is Cc1ccn(-c2ccc(C(=O)N3CCC(F)(F)/C(=C\C(=O)NCc4cccs4)c4ccccc43)c(Cl)c2)n1. The zero-order valence-corrected chi connectivity index (χ0v) is 21.9. The highest BCUT2D eigenvalue weighted by molar-refractivity contribution is 7.09. The van der Waals surface area contributed by atoms with Crippen LogP contribution in [0.1, 0.15) is 32.9 Å². The zero-order chi connectivity index (χ0) is 26.9. The predicted octanol–water partition coefficient (Wildman–Crippen LogP) is 6.28. The van der Waals surface area contributed by atoms with E-state index >= 15 is 8.78 Å². The summed E-state index contributed by atoms with van der Waals surface area (Å²) in [5.41, 5.74) is 1.65. The van der Waals surface area contributed by atoms with Crippen LogP contribution >= 0.6 is 22.9 Å². The van der Waals surface area contributed by atoms with Crippen LogP contribution in [0, 0.1) is 6.92 Å². The second-order valence-corrected chi connectivity index (χ2v) is 10.3. The van der Waals surface area contributed by atoms with Crippen molar-refractivity contribution in [2.75, 3.05) is 11.4 Å². The second-order valence-electron chi connectivity index (χ2n) is 8.85. The van der Waals surface area contributed by atoms with Crippen LogP contribution in [0.5, 0.6) is 0 Å². The van der Waals surface area contributed by atoms with Crippen LogP contribution in [0.2, 0.25) is 5.02 Å². The van der Waals surface area contributed by atoms with Crippen molar-refractivity contribution in [3.05, 3.63) is 105 Å². The normalized spacial score (nSPS) is 15.7. The van der Waals surface area contributed by atoms with Gasteiger partial charge < -0.3 is 10.2 Å². The number of carbonyl (C=O) groups is 2. The molecular formula is C28H23ClF2N4O2S. The quantitative estimate of drug-likeness (QED) is 0.296. The van der Waals surface area contributed by atoms with Crippen molar-refractivity contribution in [1.29, 1.82) is 0 Å². The average molecular weight is 553 g/mol. The molecule has 1 aliphatic heterocycles. The van der Waals surface area contributed by atoms with E-state index in [9.17, 15) is 9.59 Å². The number of carbonyl (C=O) groups excluding carboxylic acids is 2. The first-order valence-corrected chi connectivity index (χ1v) is 13.1. The summed E-state index contributed by atoms with van der Waals surface area (Å²) in [5.74, 6) is -4.48. The Kier molecular flexibility index (Phi) is 7.14. The summed E-state index contributed by atoms with van der Waals surface area (Å²) >= 11 is 7.96. The molecule has 1 N–H and O–H groups in total. The number of halogens is 3. The van der Waals surface area contributed by atoms with Gasteiger partial charge in [0.05, 0.1) is 34.2 Å². The molecule has 2 aromatic carbocycles. The molecule has 4 aromatic rings. The Morgan fingerprint density at radius 3 is 2.68 bits per heavy atom. The molecule has 6 nitrogen and oxygen atoms in total. The summed E-state index contributed by atoms with van der Waals surface area (Å²) < 4.78 is 32.5. The molecule has 3 heterocycles. The number of fused-ring (bicyclic) bond motifs is 1. The van der Waals surface area contributed by atoms with Gasteiger partial charge in [-0.25, -0.2) is 13.5 Å². The Morgan fingerprint density at radius 2 is 1.97 bits per heavy atom. The smallest absolute Gasteiger partial charge is 0.275 e. The van der Waals surface area contributed by atoms with Crippen LogP contribution in [-0.2, 0) is 11.3 Å². The number of hydrogen-bond acceptors (Lipinski definition) is 4. The van der Waals surface area contributed by atoms with Crippen LogP contribution in [0.3, 0.4) is 0 Å². The summed E-state index contributed by atoms with van der Waals surface area (Å²) in [6, 6.07) is 16.8. The fourth-order valence-electron chi connectivity index (χ4n) is 4.33. The van der Waals surface area contributed by atoms with Crippen LogP contribution in [0.15, 0.2) is 78.3 Å². The molecule has 1 aliphatic rings. The standard InChI is InChI=1S/C28H23ClF2N4O2S/c1-18-10-12-35(33-18)19-8-9-22(24(29)15-19)27(37)34-13-11-28(30,31)23(21-6-2-3-7-25(21)34)16-26(36)32-17-20-5-4-14-38-20/h2-10,12,14-16H,11,13,17H2,1H3,(H,32,36)/b23-16-. The van der Waals surface area contributed by atoms with Gasteiger partial charge in [0.25, 0.3) is 11.8 Å². The number of allylic oxidation sites excluding steroid dienone is 1. The highest BCUT2D eigenvalue weighted by Crippen LogP contribution is 2.43. The lowest BCUT2D eigenvalue weighted by atomic mass is 9.97. The van der Waals surface area contributed by atoms with E-state index < -0.39 is 29.7 Å². The van der Waals surface area contributed by atoms with Crippen molar-refractivity contribution in [3.8, 4) is 5.69 Å². The molecule has 194 valence electrons. The van der Waals surface area contributed by atoms with Gasteiger partial charge in [0.1, 0.15) is 0 Å². The van der Waals surface area contributed by atoms with Crippen molar-refractivity contribution < 1.29 is 18.4 Å². The van der Waals surface area contributed by atoms with Gasteiger partial charge in [-0.1, -0.05) is 35.9 Å². The lowest BCUT2D eigenvalue weighted by Gasteiger charge is -2.23. The fraction of sp³-hybridized carbons (Fsp3) is 0.179. The number of rotatable bonds is 5. The molecule has 5 rings (SSSR count). The minimum atomic E-state index is -3.34. The fourth-order valence-corrected chi connectivity index (χ4v) is 5.23. The van der Waals surface area contributed by atoms with E-state index in [4.69, 9.17) is 11.6 Å². The van der Waals surface area contributed by atoms with Gasteiger partial charge in [0.2, 0.25) is 5.91 Å². The van der Waals surface area contributed by atoms with Gasteiger partial charge in [-0.15, -0.1) is 11.3 Å². The van der Waals surface area contributed by atoms with Crippen molar-refractivity contribution >= 4 is 46.0 Å². The third-order valence-electron chi connectivity index (χ3n) is 6.24. The molecule has 0 aliphatic carbocycles. The summed E-state index contributed by atoms with van der Waals surface area (Å²) in [4.78, 5) is 28.5. The second kappa shape index (κ2) is 10.5. The van der Waals surface area contributed by atoms with Crippen molar-refractivity contribution in [2.24, 2.45) is 0 Å². The maximum Gasteiger partial charge on any atom is 0.275 e. The molecule has 0 atom stereocenters.